The molecular weight excluding hydrogens is 298 g/mol. The number of carbonyl (C=O) groups excluding carboxylic acids is 1. The summed E-state index contributed by atoms with van der Waals surface area (Å²) < 4.78 is 0. The van der Waals surface area contributed by atoms with Crippen LogP contribution in [0.4, 0.5) is 5.69 Å². The maximum Gasteiger partial charge on any atom is 0.241 e. The average Bonchev–Trinajstić information content (AvgIpc) is 2.55. The number of carbonyl (C=O) groups is 1. The Morgan fingerprint density at radius 2 is 2.05 bits per heavy atom. The summed E-state index contributed by atoms with van der Waals surface area (Å²) in [7, 11) is 2.00. The maximum absolute atomic E-state index is 12.4. The van der Waals surface area contributed by atoms with Crippen LogP contribution in [-0.2, 0) is 4.79 Å². The van der Waals surface area contributed by atoms with Gasteiger partial charge in [0.25, 0.3) is 0 Å². The van der Waals surface area contributed by atoms with E-state index in [9.17, 15) is 4.79 Å². The van der Waals surface area contributed by atoms with Gasteiger partial charge in [-0.1, -0.05) is 23.7 Å². The molecule has 1 aliphatic heterocycles. The van der Waals surface area contributed by atoms with Gasteiger partial charge in [-0.3, -0.25) is 9.69 Å². The number of halogens is 1. The molecule has 0 bridgehead atoms. The van der Waals surface area contributed by atoms with Gasteiger partial charge in [-0.2, -0.15) is 0 Å². The molecule has 5 heteroatoms. The molecule has 1 amide bonds. The summed E-state index contributed by atoms with van der Waals surface area (Å²) in [5, 5.41) is 6.72. The van der Waals surface area contributed by atoms with Crippen LogP contribution in [0.5, 0.6) is 0 Å². The van der Waals surface area contributed by atoms with Crippen LogP contribution in [0.1, 0.15) is 26.2 Å². The second kappa shape index (κ2) is 8.51. The van der Waals surface area contributed by atoms with Crippen LogP contribution >= 0.6 is 11.6 Å². The van der Waals surface area contributed by atoms with E-state index < -0.39 is 0 Å². The highest BCUT2D eigenvalue weighted by molar-refractivity contribution is 6.33. The van der Waals surface area contributed by atoms with E-state index in [-0.39, 0.29) is 11.9 Å². The van der Waals surface area contributed by atoms with Gasteiger partial charge in [0.05, 0.1) is 16.8 Å². The molecular formula is C17H26ClN3O. The Balaban J connectivity index is 1.83. The molecule has 1 saturated heterocycles. The minimum atomic E-state index is -0.124. The molecule has 22 heavy (non-hydrogen) atoms. The summed E-state index contributed by atoms with van der Waals surface area (Å²) in [5.74, 6) is 0.796. The summed E-state index contributed by atoms with van der Waals surface area (Å²) in [6.45, 7) is 5.03. The molecule has 1 aromatic rings. The molecule has 0 aromatic heterocycles. The Bertz CT molecular complexity index is 487. The second-order valence-corrected chi connectivity index (χ2v) is 6.42. The predicted octanol–water partition coefficient (Wildman–Crippen LogP) is 2.99. The zero-order valence-corrected chi connectivity index (χ0v) is 14.2. The lowest BCUT2D eigenvalue weighted by molar-refractivity contribution is -0.121. The number of amides is 1. The highest BCUT2D eigenvalue weighted by Gasteiger charge is 2.26. The van der Waals surface area contributed by atoms with E-state index >= 15 is 0 Å². The smallest absolute Gasteiger partial charge is 0.241 e. The van der Waals surface area contributed by atoms with Crippen LogP contribution < -0.4 is 10.6 Å². The molecule has 1 atom stereocenters. The van der Waals surface area contributed by atoms with Crippen LogP contribution in [0, 0.1) is 5.92 Å². The highest BCUT2D eigenvalue weighted by atomic mass is 35.5. The molecule has 0 radical (unpaired) electrons. The monoisotopic (exact) mass is 323 g/mol. The Hall–Kier alpha value is -1.10. The first-order chi connectivity index (χ1) is 10.6. The van der Waals surface area contributed by atoms with Crippen molar-refractivity contribution >= 4 is 23.2 Å². The third-order valence-electron chi connectivity index (χ3n) is 4.51. The standard InChI is InChI=1S/C17H26ClN3O/c1-13(17(22)20-16-6-4-3-5-15(16)18)21-11-8-14(9-12-21)7-10-19-2/h3-6,13-14,19H,7-12H2,1-2H3,(H,20,22). The van der Waals surface area contributed by atoms with Crippen molar-refractivity contribution in [3.63, 3.8) is 0 Å². The van der Waals surface area contributed by atoms with Crippen molar-refractivity contribution in [1.29, 1.82) is 0 Å². The Morgan fingerprint density at radius 3 is 2.68 bits per heavy atom. The zero-order valence-electron chi connectivity index (χ0n) is 13.4. The predicted molar refractivity (Wildman–Crippen MR) is 92.4 cm³/mol. The van der Waals surface area contributed by atoms with Crippen LogP contribution in [0.2, 0.25) is 5.02 Å². The largest absolute Gasteiger partial charge is 0.323 e. The summed E-state index contributed by atoms with van der Waals surface area (Å²) in [5.41, 5.74) is 0.685. The Kier molecular flexibility index (Phi) is 6.68. The van der Waals surface area contributed by atoms with Gasteiger partial charge in [-0.25, -0.2) is 0 Å². The molecule has 1 aromatic carbocycles. The van der Waals surface area contributed by atoms with Gasteiger partial charge in [0.15, 0.2) is 0 Å². The van der Waals surface area contributed by atoms with Crippen molar-refractivity contribution < 1.29 is 4.79 Å². The second-order valence-electron chi connectivity index (χ2n) is 6.02. The molecule has 0 saturated carbocycles. The van der Waals surface area contributed by atoms with Crippen molar-refractivity contribution in [2.45, 2.75) is 32.2 Å². The van der Waals surface area contributed by atoms with Crippen molar-refractivity contribution in [2.75, 3.05) is 32.0 Å². The van der Waals surface area contributed by atoms with Gasteiger partial charge in [0, 0.05) is 0 Å². The third kappa shape index (κ3) is 4.70. The summed E-state index contributed by atoms with van der Waals surface area (Å²) in [6.07, 6.45) is 3.57. The van der Waals surface area contributed by atoms with E-state index in [2.05, 4.69) is 15.5 Å². The first kappa shape index (κ1) is 17.3. The van der Waals surface area contributed by atoms with E-state index in [1.165, 1.54) is 19.3 Å². The third-order valence-corrected chi connectivity index (χ3v) is 4.84. The number of para-hydroxylation sites is 1. The number of piperidine rings is 1. The van der Waals surface area contributed by atoms with Crippen LogP contribution in [-0.4, -0.2) is 43.5 Å². The van der Waals surface area contributed by atoms with Crippen LogP contribution in [0.15, 0.2) is 24.3 Å². The molecule has 2 rings (SSSR count). The van der Waals surface area contributed by atoms with Crippen molar-refractivity contribution in [3.05, 3.63) is 29.3 Å². The number of benzene rings is 1. The summed E-state index contributed by atoms with van der Waals surface area (Å²) in [6, 6.07) is 7.23. The molecule has 4 nitrogen and oxygen atoms in total. The fourth-order valence-electron chi connectivity index (χ4n) is 2.94. The molecule has 1 aliphatic rings. The molecule has 1 heterocycles. The Labute approximate surface area is 138 Å². The first-order valence-electron chi connectivity index (χ1n) is 8.06. The van der Waals surface area contributed by atoms with Crippen LogP contribution in [0.25, 0.3) is 0 Å². The lowest BCUT2D eigenvalue weighted by Gasteiger charge is -2.35. The quantitative estimate of drug-likeness (QED) is 0.846. The highest BCUT2D eigenvalue weighted by Crippen LogP contribution is 2.23. The van der Waals surface area contributed by atoms with E-state index in [1.807, 2.05) is 32.2 Å². The maximum atomic E-state index is 12.4. The number of hydrogen-bond acceptors (Lipinski definition) is 3. The summed E-state index contributed by atoms with van der Waals surface area (Å²) in [4.78, 5) is 14.7. The topological polar surface area (TPSA) is 44.4 Å². The van der Waals surface area contributed by atoms with Gasteiger partial charge in [-0.05, 0) is 70.9 Å². The average molecular weight is 324 g/mol. The van der Waals surface area contributed by atoms with E-state index in [0.717, 1.165) is 25.6 Å². The number of nitrogens with zero attached hydrogens (tertiary/aromatic N) is 1. The van der Waals surface area contributed by atoms with Crippen LogP contribution in [0.3, 0.4) is 0 Å². The SMILES string of the molecule is CNCCC1CCN(C(C)C(=O)Nc2ccccc2Cl)CC1. The molecule has 0 aliphatic carbocycles. The molecule has 122 valence electrons. The number of hydrogen-bond donors (Lipinski definition) is 2. The molecule has 2 N–H and O–H groups in total. The van der Waals surface area contributed by atoms with E-state index in [1.54, 1.807) is 6.07 Å². The number of nitrogens with one attached hydrogen (secondary N) is 2. The van der Waals surface area contributed by atoms with E-state index in [0.29, 0.717) is 10.7 Å². The minimum Gasteiger partial charge on any atom is -0.323 e. The van der Waals surface area contributed by atoms with Gasteiger partial charge in [0.2, 0.25) is 5.91 Å². The first-order valence-corrected chi connectivity index (χ1v) is 8.43. The number of rotatable bonds is 6. The van der Waals surface area contributed by atoms with Crippen molar-refractivity contribution in [3.8, 4) is 0 Å². The van der Waals surface area contributed by atoms with Crippen molar-refractivity contribution in [2.24, 2.45) is 5.92 Å². The van der Waals surface area contributed by atoms with E-state index in [4.69, 9.17) is 11.6 Å². The fraction of sp³-hybridized carbons (Fsp3) is 0.588. The Morgan fingerprint density at radius 1 is 1.36 bits per heavy atom. The number of likely N-dealkylation sites (tertiary alicyclic amines) is 1. The normalized spacial score (nSPS) is 18.1. The molecule has 1 unspecified atom stereocenters. The zero-order chi connectivity index (χ0) is 15.9. The molecule has 1 fully saturated rings. The summed E-state index contributed by atoms with van der Waals surface area (Å²) >= 11 is 6.09. The fourth-order valence-corrected chi connectivity index (χ4v) is 3.13. The van der Waals surface area contributed by atoms with Gasteiger partial charge >= 0.3 is 0 Å². The minimum absolute atomic E-state index is 0.0155. The lowest BCUT2D eigenvalue weighted by Crippen LogP contribution is -2.46. The van der Waals surface area contributed by atoms with Gasteiger partial charge in [-0.15, -0.1) is 0 Å². The number of anilines is 1. The molecule has 0 spiro atoms. The lowest BCUT2D eigenvalue weighted by atomic mass is 9.93. The van der Waals surface area contributed by atoms with Crippen molar-refractivity contribution in [1.82, 2.24) is 10.2 Å². The van der Waals surface area contributed by atoms with Gasteiger partial charge in [0.1, 0.15) is 0 Å². The van der Waals surface area contributed by atoms with Gasteiger partial charge < -0.3 is 10.6 Å².